The van der Waals surface area contributed by atoms with E-state index in [9.17, 15) is 0 Å². The Balaban J connectivity index is 2.01. The van der Waals surface area contributed by atoms with Gasteiger partial charge >= 0.3 is 0 Å². The minimum absolute atomic E-state index is 0.655. The molecule has 14 heavy (non-hydrogen) atoms. The maximum Gasteiger partial charge on any atom is 0.0465 e. The molecule has 0 aromatic heterocycles. The third-order valence-corrected chi connectivity index (χ3v) is 3.42. The van der Waals surface area contributed by atoms with Crippen molar-refractivity contribution >= 4 is 23.2 Å². The Bertz CT molecular complexity index is 318. The lowest BCUT2D eigenvalue weighted by atomic mass is 10.2. The molecule has 76 valence electrons. The Morgan fingerprint density at radius 2 is 1.93 bits per heavy atom. The molecule has 1 aromatic carbocycles. The fourth-order valence-corrected chi connectivity index (χ4v) is 2.07. The molecule has 1 aliphatic rings. The standard InChI is InChI=1S/C11H13Cl2N/c1-7-5-11(7)14-6-8-9(12)3-2-4-10(8)13/h2-4,7,11,14H,5-6H2,1H3. The summed E-state index contributed by atoms with van der Waals surface area (Å²) in [5, 5.41) is 4.93. The Labute approximate surface area is 94.4 Å². The van der Waals surface area contributed by atoms with E-state index < -0.39 is 0 Å². The quantitative estimate of drug-likeness (QED) is 0.837. The first-order valence-electron chi connectivity index (χ1n) is 4.84. The number of nitrogens with one attached hydrogen (secondary N) is 1. The molecule has 0 heterocycles. The second kappa shape index (κ2) is 4.09. The average molecular weight is 230 g/mol. The minimum Gasteiger partial charge on any atom is -0.310 e. The van der Waals surface area contributed by atoms with Gasteiger partial charge in [0.05, 0.1) is 0 Å². The van der Waals surface area contributed by atoms with Gasteiger partial charge in [-0.2, -0.15) is 0 Å². The van der Waals surface area contributed by atoms with Crippen molar-refractivity contribution in [3.8, 4) is 0 Å². The molecular weight excluding hydrogens is 217 g/mol. The van der Waals surface area contributed by atoms with Gasteiger partial charge < -0.3 is 5.32 Å². The van der Waals surface area contributed by atoms with Crippen LogP contribution in [0.3, 0.4) is 0 Å². The molecule has 1 aromatic rings. The molecule has 2 unspecified atom stereocenters. The SMILES string of the molecule is CC1CC1NCc1c(Cl)cccc1Cl. The van der Waals surface area contributed by atoms with Crippen LogP contribution in [0.5, 0.6) is 0 Å². The van der Waals surface area contributed by atoms with Crippen molar-refractivity contribution in [3.05, 3.63) is 33.8 Å². The molecule has 0 bridgehead atoms. The lowest BCUT2D eigenvalue weighted by Crippen LogP contribution is -2.17. The monoisotopic (exact) mass is 229 g/mol. The van der Waals surface area contributed by atoms with E-state index in [0.717, 1.165) is 28.1 Å². The van der Waals surface area contributed by atoms with E-state index in [4.69, 9.17) is 23.2 Å². The summed E-state index contributed by atoms with van der Waals surface area (Å²) in [5.74, 6) is 0.802. The van der Waals surface area contributed by atoms with Gasteiger partial charge in [-0.3, -0.25) is 0 Å². The Kier molecular flexibility index (Phi) is 3.01. The summed E-state index contributed by atoms with van der Waals surface area (Å²) in [4.78, 5) is 0. The van der Waals surface area contributed by atoms with Crippen LogP contribution in [0.25, 0.3) is 0 Å². The molecule has 0 aliphatic heterocycles. The van der Waals surface area contributed by atoms with E-state index in [1.165, 1.54) is 6.42 Å². The van der Waals surface area contributed by atoms with Crippen LogP contribution < -0.4 is 5.32 Å². The van der Waals surface area contributed by atoms with Crippen LogP contribution in [0.1, 0.15) is 18.9 Å². The van der Waals surface area contributed by atoms with E-state index >= 15 is 0 Å². The lowest BCUT2D eigenvalue weighted by molar-refractivity contribution is 0.653. The molecule has 1 saturated carbocycles. The third kappa shape index (κ3) is 2.22. The van der Waals surface area contributed by atoms with Gasteiger partial charge in [0.1, 0.15) is 0 Å². The summed E-state index contributed by atoms with van der Waals surface area (Å²) < 4.78 is 0. The Morgan fingerprint density at radius 3 is 2.43 bits per heavy atom. The van der Waals surface area contributed by atoms with Gasteiger partial charge in [-0.15, -0.1) is 0 Å². The Hall–Kier alpha value is -0.240. The number of halogens is 2. The molecule has 3 heteroatoms. The van der Waals surface area contributed by atoms with Gasteiger partial charge in [-0.05, 0) is 24.5 Å². The first-order valence-corrected chi connectivity index (χ1v) is 5.60. The minimum atomic E-state index is 0.655. The van der Waals surface area contributed by atoms with Crippen LogP contribution >= 0.6 is 23.2 Å². The highest BCUT2D eigenvalue weighted by Gasteiger charge is 2.31. The zero-order valence-electron chi connectivity index (χ0n) is 8.06. The van der Waals surface area contributed by atoms with Crippen LogP contribution in [-0.4, -0.2) is 6.04 Å². The fraction of sp³-hybridized carbons (Fsp3) is 0.455. The van der Waals surface area contributed by atoms with Gasteiger partial charge in [0.25, 0.3) is 0 Å². The van der Waals surface area contributed by atoms with Crippen LogP contribution in [0, 0.1) is 5.92 Å². The highest BCUT2D eigenvalue weighted by Crippen LogP contribution is 2.31. The molecule has 1 N–H and O–H groups in total. The summed E-state index contributed by atoms with van der Waals surface area (Å²) >= 11 is 12.1. The van der Waals surface area contributed by atoms with Gasteiger partial charge in [-0.1, -0.05) is 36.2 Å². The summed E-state index contributed by atoms with van der Waals surface area (Å²) in [6.45, 7) is 3.01. The van der Waals surface area contributed by atoms with Crippen molar-refractivity contribution < 1.29 is 0 Å². The number of rotatable bonds is 3. The second-order valence-electron chi connectivity index (χ2n) is 3.90. The maximum atomic E-state index is 6.05. The first kappa shape index (κ1) is 10.3. The molecule has 2 atom stereocenters. The van der Waals surface area contributed by atoms with Crippen molar-refractivity contribution in [1.29, 1.82) is 0 Å². The lowest BCUT2D eigenvalue weighted by Gasteiger charge is -2.07. The van der Waals surface area contributed by atoms with Gasteiger partial charge in [0, 0.05) is 28.2 Å². The van der Waals surface area contributed by atoms with Gasteiger partial charge in [-0.25, -0.2) is 0 Å². The van der Waals surface area contributed by atoms with Crippen molar-refractivity contribution in [2.24, 2.45) is 5.92 Å². The van der Waals surface area contributed by atoms with Crippen molar-refractivity contribution in [2.75, 3.05) is 0 Å². The van der Waals surface area contributed by atoms with Crippen molar-refractivity contribution in [3.63, 3.8) is 0 Å². The van der Waals surface area contributed by atoms with Crippen LogP contribution in [0.15, 0.2) is 18.2 Å². The number of hydrogen-bond acceptors (Lipinski definition) is 1. The van der Waals surface area contributed by atoms with E-state index in [1.54, 1.807) is 0 Å². The van der Waals surface area contributed by atoms with Crippen LogP contribution in [0.4, 0.5) is 0 Å². The maximum absolute atomic E-state index is 6.05. The predicted molar refractivity (Wildman–Crippen MR) is 60.9 cm³/mol. The van der Waals surface area contributed by atoms with Crippen molar-refractivity contribution in [2.45, 2.75) is 25.9 Å². The van der Waals surface area contributed by atoms with E-state index in [-0.39, 0.29) is 0 Å². The molecule has 2 rings (SSSR count). The van der Waals surface area contributed by atoms with Gasteiger partial charge in [0.15, 0.2) is 0 Å². The normalized spacial score (nSPS) is 25.1. The molecule has 1 aliphatic carbocycles. The second-order valence-corrected chi connectivity index (χ2v) is 4.71. The Morgan fingerprint density at radius 1 is 1.36 bits per heavy atom. The highest BCUT2D eigenvalue weighted by atomic mass is 35.5. The predicted octanol–water partition coefficient (Wildman–Crippen LogP) is 3.49. The highest BCUT2D eigenvalue weighted by molar-refractivity contribution is 6.35. The van der Waals surface area contributed by atoms with Crippen LogP contribution in [-0.2, 0) is 6.54 Å². The molecule has 1 fully saturated rings. The molecular formula is C11H13Cl2N. The summed E-state index contributed by atoms with van der Waals surface area (Å²) in [6, 6.07) is 6.28. The van der Waals surface area contributed by atoms with E-state index in [1.807, 2.05) is 18.2 Å². The first-order chi connectivity index (χ1) is 6.68. The van der Waals surface area contributed by atoms with E-state index in [2.05, 4.69) is 12.2 Å². The molecule has 0 radical (unpaired) electrons. The molecule has 0 spiro atoms. The van der Waals surface area contributed by atoms with E-state index in [0.29, 0.717) is 6.04 Å². The molecule has 0 amide bonds. The smallest absolute Gasteiger partial charge is 0.0465 e. The number of benzene rings is 1. The van der Waals surface area contributed by atoms with Crippen molar-refractivity contribution in [1.82, 2.24) is 5.32 Å². The molecule has 1 nitrogen and oxygen atoms in total. The largest absolute Gasteiger partial charge is 0.310 e. The summed E-state index contributed by atoms with van der Waals surface area (Å²) in [5.41, 5.74) is 1.01. The summed E-state index contributed by atoms with van der Waals surface area (Å²) in [7, 11) is 0. The third-order valence-electron chi connectivity index (χ3n) is 2.71. The zero-order chi connectivity index (χ0) is 10.1. The molecule has 0 saturated heterocycles. The summed E-state index contributed by atoms with van der Waals surface area (Å²) in [6.07, 6.45) is 1.27. The van der Waals surface area contributed by atoms with Gasteiger partial charge in [0.2, 0.25) is 0 Å². The topological polar surface area (TPSA) is 12.0 Å². The average Bonchev–Trinajstić information content (AvgIpc) is 2.81. The zero-order valence-corrected chi connectivity index (χ0v) is 9.57. The fourth-order valence-electron chi connectivity index (χ4n) is 1.54. The number of hydrogen-bond donors (Lipinski definition) is 1. The van der Waals surface area contributed by atoms with Crippen LogP contribution in [0.2, 0.25) is 10.0 Å².